The number of carbonyl (C=O) groups is 1. The molecule has 0 unspecified atom stereocenters. The zero-order valence-electron chi connectivity index (χ0n) is 23.6. The van der Waals surface area contributed by atoms with Gasteiger partial charge in [0.25, 0.3) is 0 Å². The van der Waals surface area contributed by atoms with Crippen LogP contribution in [0.1, 0.15) is 71.4 Å². The van der Waals surface area contributed by atoms with Crippen molar-refractivity contribution in [1.29, 1.82) is 0 Å². The normalized spacial score (nSPS) is 23.2. The van der Waals surface area contributed by atoms with E-state index in [1.807, 2.05) is 0 Å². The van der Waals surface area contributed by atoms with E-state index >= 15 is 0 Å². The lowest BCUT2D eigenvalue weighted by Crippen LogP contribution is -2.59. The Morgan fingerprint density at radius 3 is 2.07 bits per heavy atom. The number of fused-ring (bicyclic) bond motifs is 1. The second-order valence-electron chi connectivity index (χ2n) is 12.2. The second kappa shape index (κ2) is 10.8. The van der Waals surface area contributed by atoms with Gasteiger partial charge in [-0.2, -0.15) is 26.3 Å². The predicted octanol–water partition coefficient (Wildman–Crippen LogP) is 7.86. The van der Waals surface area contributed by atoms with Crippen LogP contribution in [0.3, 0.4) is 0 Å². The summed E-state index contributed by atoms with van der Waals surface area (Å²) in [6.45, 7) is 8.46. The van der Waals surface area contributed by atoms with Gasteiger partial charge in [-0.3, -0.25) is 0 Å². The van der Waals surface area contributed by atoms with Gasteiger partial charge in [0.1, 0.15) is 22.5 Å². The minimum atomic E-state index is -4.80. The number of hydrogen-bond acceptors (Lipinski definition) is 5. The van der Waals surface area contributed by atoms with Gasteiger partial charge in [-0.15, -0.1) is 0 Å². The first kappa shape index (κ1) is 31.2. The van der Waals surface area contributed by atoms with Crippen LogP contribution < -0.4 is 10.1 Å². The summed E-state index contributed by atoms with van der Waals surface area (Å²) in [5, 5.41) is 2.87. The number of alkyl carbamates (subject to hydrolysis) is 1. The summed E-state index contributed by atoms with van der Waals surface area (Å²) < 4.78 is 105. The van der Waals surface area contributed by atoms with E-state index in [-0.39, 0.29) is 49.7 Å². The lowest BCUT2D eigenvalue weighted by Gasteiger charge is -2.44. The third-order valence-corrected chi connectivity index (χ3v) is 7.32. The van der Waals surface area contributed by atoms with Crippen LogP contribution >= 0.6 is 0 Å². The molecule has 1 aliphatic heterocycles. The van der Waals surface area contributed by atoms with E-state index < -0.39 is 58.7 Å². The van der Waals surface area contributed by atoms with Crippen molar-refractivity contribution in [2.75, 3.05) is 13.2 Å². The minimum absolute atomic E-state index is 0.00759. The van der Waals surface area contributed by atoms with Gasteiger partial charge in [0.15, 0.2) is 5.79 Å². The molecule has 1 aliphatic carbocycles. The van der Waals surface area contributed by atoms with E-state index in [0.717, 1.165) is 0 Å². The summed E-state index contributed by atoms with van der Waals surface area (Å²) in [4.78, 5) is 12.8. The first-order valence-corrected chi connectivity index (χ1v) is 13.4. The Morgan fingerprint density at radius 2 is 1.54 bits per heavy atom. The van der Waals surface area contributed by atoms with Gasteiger partial charge >= 0.3 is 18.4 Å². The number of ether oxygens (including phenoxy) is 4. The van der Waals surface area contributed by atoms with Crippen LogP contribution in [0.2, 0.25) is 0 Å². The van der Waals surface area contributed by atoms with Crippen molar-refractivity contribution in [1.82, 2.24) is 5.32 Å². The van der Waals surface area contributed by atoms with Crippen LogP contribution in [-0.4, -0.2) is 43.0 Å². The maximum absolute atomic E-state index is 14.4. The molecule has 1 heterocycles. The molecule has 2 fully saturated rings. The molecule has 1 amide bonds. The molecule has 1 saturated carbocycles. The Balaban J connectivity index is 1.67. The average molecular weight is 592 g/mol. The fourth-order valence-corrected chi connectivity index (χ4v) is 5.17. The number of hydrogen-bond donors (Lipinski definition) is 1. The summed E-state index contributed by atoms with van der Waals surface area (Å²) in [7, 11) is 0. The highest BCUT2D eigenvalue weighted by Crippen LogP contribution is 2.45. The van der Waals surface area contributed by atoms with Crippen LogP contribution in [0.15, 0.2) is 30.3 Å². The summed E-state index contributed by atoms with van der Waals surface area (Å²) in [6.07, 6.45) is -11.0. The largest absolute Gasteiger partial charge is 0.490 e. The van der Waals surface area contributed by atoms with Gasteiger partial charge in [0.2, 0.25) is 0 Å². The molecular formula is C29H35F6NO5. The number of nitrogens with one attached hydrogen (secondary N) is 1. The molecule has 41 heavy (non-hydrogen) atoms. The zero-order valence-corrected chi connectivity index (χ0v) is 23.6. The summed E-state index contributed by atoms with van der Waals surface area (Å²) in [6, 6.07) is 6.92. The topological polar surface area (TPSA) is 66.0 Å². The van der Waals surface area contributed by atoms with E-state index in [4.69, 9.17) is 18.9 Å². The molecule has 0 aromatic heterocycles. The highest BCUT2D eigenvalue weighted by Gasteiger charge is 2.45. The smallest absolute Gasteiger partial charge is 0.420 e. The van der Waals surface area contributed by atoms with Crippen LogP contribution in [-0.2, 0) is 25.9 Å². The van der Waals surface area contributed by atoms with Crippen molar-refractivity contribution in [3.05, 3.63) is 41.5 Å². The Morgan fingerprint density at radius 1 is 0.927 bits per heavy atom. The van der Waals surface area contributed by atoms with Crippen LogP contribution in [0.25, 0.3) is 10.8 Å². The lowest BCUT2D eigenvalue weighted by molar-refractivity contribution is -0.272. The van der Waals surface area contributed by atoms with Crippen molar-refractivity contribution >= 4 is 16.9 Å². The Bertz CT molecular complexity index is 1250. The third-order valence-electron chi connectivity index (χ3n) is 7.32. The van der Waals surface area contributed by atoms with Crippen molar-refractivity contribution in [2.45, 2.75) is 95.7 Å². The molecule has 12 heteroatoms. The van der Waals surface area contributed by atoms with Crippen LogP contribution in [0.4, 0.5) is 31.1 Å². The predicted molar refractivity (Wildman–Crippen MR) is 138 cm³/mol. The van der Waals surface area contributed by atoms with Crippen molar-refractivity contribution in [2.24, 2.45) is 5.92 Å². The fourth-order valence-electron chi connectivity index (χ4n) is 5.17. The maximum Gasteiger partial charge on any atom is 0.420 e. The molecule has 0 spiro atoms. The second-order valence-corrected chi connectivity index (χ2v) is 12.2. The molecule has 2 aromatic rings. The number of benzene rings is 2. The van der Waals surface area contributed by atoms with Crippen molar-refractivity contribution in [3.63, 3.8) is 0 Å². The molecule has 0 bridgehead atoms. The van der Waals surface area contributed by atoms with E-state index in [9.17, 15) is 31.1 Å². The van der Waals surface area contributed by atoms with E-state index in [1.54, 1.807) is 34.6 Å². The summed E-state index contributed by atoms with van der Waals surface area (Å²) in [5.41, 5.74) is -2.62. The molecule has 228 valence electrons. The third kappa shape index (κ3) is 7.38. The molecule has 6 nitrogen and oxygen atoms in total. The van der Waals surface area contributed by atoms with E-state index in [2.05, 4.69) is 5.32 Å². The first-order valence-electron chi connectivity index (χ1n) is 13.4. The Kier molecular flexibility index (Phi) is 8.25. The maximum atomic E-state index is 14.4. The minimum Gasteiger partial charge on any atom is -0.490 e. The van der Waals surface area contributed by atoms with Crippen molar-refractivity contribution in [3.8, 4) is 5.75 Å². The first-order chi connectivity index (χ1) is 18.8. The fraction of sp³-hybridized carbons (Fsp3) is 0.621. The molecule has 4 rings (SSSR count). The molecule has 0 atom stereocenters. The summed E-state index contributed by atoms with van der Waals surface area (Å²) >= 11 is 0. The average Bonchev–Trinajstić information content (AvgIpc) is 2.83. The van der Waals surface area contributed by atoms with E-state index in [0.29, 0.717) is 5.56 Å². The highest BCUT2D eigenvalue weighted by molar-refractivity contribution is 5.89. The standard InChI is InChI=1S/C29H35F6NO5/c1-25(2,3)41-24(37)36-27(15-38-26(4,5)39-16-27)19-9-12-21-17(14-19)6-13-22(23(21)29(33,34)35)40-20-10-7-18(8-11-20)28(30,31)32/h6,9,12-14,18,20H,7-8,10-11,15-16H2,1-5H3,(H,36,37). The van der Waals surface area contributed by atoms with Gasteiger partial charge < -0.3 is 24.3 Å². The molecule has 2 aliphatic rings. The van der Waals surface area contributed by atoms with Gasteiger partial charge in [0.05, 0.1) is 25.2 Å². The van der Waals surface area contributed by atoms with Crippen molar-refractivity contribution < 1.29 is 50.1 Å². The summed E-state index contributed by atoms with van der Waals surface area (Å²) in [5.74, 6) is -2.84. The molecule has 2 aromatic carbocycles. The monoisotopic (exact) mass is 591 g/mol. The number of rotatable bonds is 4. The molecule has 1 saturated heterocycles. The highest BCUT2D eigenvalue weighted by atomic mass is 19.4. The number of alkyl halides is 6. The van der Waals surface area contributed by atoms with E-state index in [1.165, 1.54) is 30.3 Å². The Labute approximate surface area is 234 Å². The van der Waals surface area contributed by atoms with Gasteiger partial charge in [0, 0.05) is 0 Å². The van der Waals surface area contributed by atoms with Gasteiger partial charge in [-0.25, -0.2) is 4.79 Å². The molecule has 0 radical (unpaired) electrons. The SMILES string of the molecule is CC(C)(C)OC(=O)NC1(c2ccc3c(C(F)(F)F)c(OC4CCC(C(F)(F)F)CC4)ccc3c2)COC(C)(C)OC1. The van der Waals surface area contributed by atoms with Gasteiger partial charge in [-0.1, -0.05) is 18.2 Å². The number of amides is 1. The number of halogens is 6. The lowest BCUT2D eigenvalue weighted by atomic mass is 9.86. The van der Waals surface area contributed by atoms with Crippen LogP contribution in [0.5, 0.6) is 5.75 Å². The van der Waals surface area contributed by atoms with Gasteiger partial charge in [-0.05, 0) is 88.8 Å². The number of carbonyl (C=O) groups excluding carboxylic acids is 1. The molecular weight excluding hydrogens is 556 g/mol. The molecule has 1 N–H and O–H groups in total. The van der Waals surface area contributed by atoms with Crippen LogP contribution in [0, 0.1) is 5.92 Å². The zero-order chi connectivity index (χ0) is 30.4. The Hall–Kier alpha value is -2.73. The quantitative estimate of drug-likeness (QED) is 0.367.